The van der Waals surface area contributed by atoms with Crippen LogP contribution in [0.3, 0.4) is 0 Å². The number of nitrogens with one attached hydrogen (secondary N) is 2. The number of piperazine rings is 1. The lowest BCUT2D eigenvalue weighted by Crippen LogP contribution is -3.16. The van der Waals surface area contributed by atoms with Crippen molar-refractivity contribution in [1.29, 1.82) is 0 Å². The third-order valence-electron chi connectivity index (χ3n) is 5.37. The molecule has 4 nitrogen and oxygen atoms in total. The number of rotatable bonds is 6. The third-order valence-corrected chi connectivity index (χ3v) is 5.60. The molecule has 0 unspecified atom stereocenters. The van der Waals surface area contributed by atoms with Crippen LogP contribution in [0.25, 0.3) is 0 Å². The standard InChI is InChI=1S/C22H28ClN3O/c1-17-8-9-20(23)14-21(17)26-12-10-25(11-13-26)16-22(27)24-15-18(2)19-6-4-3-5-7-19/h3-9,14,18H,10-13,15-16H2,1-2H3,(H,24,27)/p+1/t18-/m0/s1. The monoisotopic (exact) mass is 386 g/mol. The van der Waals surface area contributed by atoms with Gasteiger partial charge in [-0.3, -0.25) is 4.79 Å². The van der Waals surface area contributed by atoms with Crippen LogP contribution in [0.4, 0.5) is 5.69 Å². The van der Waals surface area contributed by atoms with Gasteiger partial charge < -0.3 is 15.1 Å². The van der Waals surface area contributed by atoms with E-state index in [0.29, 0.717) is 19.0 Å². The van der Waals surface area contributed by atoms with Gasteiger partial charge in [0.15, 0.2) is 6.54 Å². The lowest BCUT2D eigenvalue weighted by molar-refractivity contribution is -0.892. The summed E-state index contributed by atoms with van der Waals surface area (Å²) in [5.41, 5.74) is 3.72. The Bertz CT molecular complexity index is 757. The molecule has 144 valence electrons. The zero-order chi connectivity index (χ0) is 19.2. The molecule has 1 atom stereocenters. The normalized spacial score (nSPS) is 16.2. The molecule has 0 spiro atoms. The number of hydrogen-bond acceptors (Lipinski definition) is 2. The van der Waals surface area contributed by atoms with Crippen LogP contribution in [0.5, 0.6) is 0 Å². The van der Waals surface area contributed by atoms with Crippen molar-refractivity contribution in [3.05, 3.63) is 64.7 Å². The Balaban J connectivity index is 1.43. The Kier molecular flexibility index (Phi) is 6.75. The smallest absolute Gasteiger partial charge is 0.275 e. The highest BCUT2D eigenvalue weighted by Crippen LogP contribution is 2.24. The first-order valence-corrected chi connectivity index (χ1v) is 10.1. The summed E-state index contributed by atoms with van der Waals surface area (Å²) in [6.45, 7) is 9.32. The van der Waals surface area contributed by atoms with Gasteiger partial charge >= 0.3 is 0 Å². The van der Waals surface area contributed by atoms with E-state index >= 15 is 0 Å². The van der Waals surface area contributed by atoms with Crippen LogP contribution < -0.4 is 15.1 Å². The first-order chi connectivity index (χ1) is 13.0. The Labute approximate surface area is 167 Å². The number of carbonyl (C=O) groups is 1. The van der Waals surface area contributed by atoms with Crippen molar-refractivity contribution in [3.63, 3.8) is 0 Å². The molecule has 0 radical (unpaired) electrons. The maximum atomic E-state index is 12.3. The van der Waals surface area contributed by atoms with Crippen LogP contribution in [0.2, 0.25) is 5.02 Å². The quantitative estimate of drug-likeness (QED) is 0.799. The van der Waals surface area contributed by atoms with E-state index < -0.39 is 0 Å². The second kappa shape index (κ2) is 9.25. The minimum Gasteiger partial charge on any atom is -0.360 e. The molecule has 2 N–H and O–H groups in total. The summed E-state index contributed by atoms with van der Waals surface area (Å²) in [6, 6.07) is 16.4. The number of amides is 1. The third kappa shape index (κ3) is 5.47. The first kappa shape index (κ1) is 19.7. The van der Waals surface area contributed by atoms with Crippen LogP contribution in [0.15, 0.2) is 48.5 Å². The van der Waals surface area contributed by atoms with Crippen molar-refractivity contribution in [2.24, 2.45) is 0 Å². The summed E-state index contributed by atoms with van der Waals surface area (Å²) < 4.78 is 0. The molecule has 1 heterocycles. The molecule has 0 aromatic heterocycles. The molecule has 1 saturated heterocycles. The van der Waals surface area contributed by atoms with Gasteiger partial charge in [0.1, 0.15) is 0 Å². The summed E-state index contributed by atoms with van der Waals surface area (Å²) >= 11 is 6.15. The van der Waals surface area contributed by atoms with Crippen molar-refractivity contribution >= 4 is 23.2 Å². The molecule has 0 saturated carbocycles. The highest BCUT2D eigenvalue weighted by Gasteiger charge is 2.23. The Morgan fingerprint density at radius 1 is 1.19 bits per heavy atom. The molecule has 27 heavy (non-hydrogen) atoms. The van der Waals surface area contributed by atoms with E-state index in [1.807, 2.05) is 30.3 Å². The van der Waals surface area contributed by atoms with E-state index in [1.54, 1.807) is 0 Å². The highest BCUT2D eigenvalue weighted by molar-refractivity contribution is 6.30. The predicted octanol–water partition coefficient (Wildman–Crippen LogP) is 2.27. The van der Waals surface area contributed by atoms with Crippen LogP contribution >= 0.6 is 11.6 Å². The molecule has 0 bridgehead atoms. The van der Waals surface area contributed by atoms with Gasteiger partial charge in [0.25, 0.3) is 5.91 Å². The number of nitrogens with zero attached hydrogens (tertiary/aromatic N) is 1. The van der Waals surface area contributed by atoms with E-state index in [0.717, 1.165) is 31.2 Å². The molecular formula is C22H29ClN3O+. The summed E-state index contributed by atoms with van der Waals surface area (Å²) in [5.74, 6) is 0.466. The van der Waals surface area contributed by atoms with Crippen LogP contribution in [-0.2, 0) is 4.79 Å². The molecule has 1 fully saturated rings. The van der Waals surface area contributed by atoms with Crippen molar-refractivity contribution in [2.45, 2.75) is 19.8 Å². The maximum Gasteiger partial charge on any atom is 0.275 e. The SMILES string of the molecule is Cc1ccc(Cl)cc1N1CC[NH+](CC(=O)NC[C@H](C)c2ccccc2)CC1. The molecule has 2 aromatic carbocycles. The first-order valence-electron chi connectivity index (χ1n) is 9.69. The van der Waals surface area contributed by atoms with Crippen molar-refractivity contribution < 1.29 is 9.69 Å². The molecule has 3 rings (SSSR count). The second-order valence-corrected chi connectivity index (χ2v) is 7.90. The van der Waals surface area contributed by atoms with Gasteiger partial charge in [0.05, 0.1) is 26.2 Å². The average Bonchev–Trinajstić information content (AvgIpc) is 2.69. The number of benzene rings is 2. The zero-order valence-electron chi connectivity index (χ0n) is 16.2. The number of anilines is 1. The van der Waals surface area contributed by atoms with E-state index in [4.69, 9.17) is 11.6 Å². The van der Waals surface area contributed by atoms with Crippen molar-refractivity contribution in [3.8, 4) is 0 Å². The fourth-order valence-electron chi connectivity index (χ4n) is 3.62. The molecule has 2 aromatic rings. The van der Waals surface area contributed by atoms with Gasteiger partial charge in [-0.05, 0) is 36.1 Å². The number of quaternary nitrogens is 1. The van der Waals surface area contributed by atoms with E-state index in [2.05, 4.69) is 42.3 Å². The summed E-state index contributed by atoms with van der Waals surface area (Å²) in [6.07, 6.45) is 0. The summed E-state index contributed by atoms with van der Waals surface area (Å²) in [5, 5.41) is 3.87. The fourth-order valence-corrected chi connectivity index (χ4v) is 3.79. The molecule has 1 aliphatic heterocycles. The Morgan fingerprint density at radius 3 is 2.59 bits per heavy atom. The summed E-state index contributed by atoms with van der Waals surface area (Å²) in [4.78, 5) is 16.1. The lowest BCUT2D eigenvalue weighted by atomic mass is 10.0. The van der Waals surface area contributed by atoms with Crippen molar-refractivity contribution in [1.82, 2.24) is 5.32 Å². The van der Waals surface area contributed by atoms with Crippen molar-refractivity contribution in [2.75, 3.05) is 44.2 Å². The van der Waals surface area contributed by atoms with E-state index in [9.17, 15) is 4.79 Å². The Morgan fingerprint density at radius 2 is 1.89 bits per heavy atom. The number of halogens is 1. The van der Waals surface area contributed by atoms with Gasteiger partial charge in [-0.1, -0.05) is 54.9 Å². The van der Waals surface area contributed by atoms with Crippen LogP contribution in [0.1, 0.15) is 24.0 Å². The summed E-state index contributed by atoms with van der Waals surface area (Å²) in [7, 11) is 0. The average molecular weight is 387 g/mol. The number of hydrogen-bond donors (Lipinski definition) is 2. The van der Waals surface area contributed by atoms with Gasteiger partial charge in [-0.2, -0.15) is 0 Å². The zero-order valence-corrected chi connectivity index (χ0v) is 16.9. The minimum atomic E-state index is 0.139. The molecule has 5 heteroatoms. The van der Waals surface area contributed by atoms with E-state index in [-0.39, 0.29) is 5.91 Å². The van der Waals surface area contributed by atoms with E-state index in [1.165, 1.54) is 21.7 Å². The van der Waals surface area contributed by atoms with Crippen LogP contribution in [-0.4, -0.2) is 45.2 Å². The predicted molar refractivity (Wildman–Crippen MR) is 112 cm³/mol. The molecule has 1 aliphatic rings. The van der Waals surface area contributed by atoms with Gasteiger partial charge in [-0.15, -0.1) is 0 Å². The Hall–Kier alpha value is -2.04. The lowest BCUT2D eigenvalue weighted by Gasteiger charge is -2.34. The molecule has 1 amide bonds. The number of aryl methyl sites for hydroxylation is 1. The van der Waals surface area contributed by atoms with Gasteiger partial charge in [0.2, 0.25) is 0 Å². The van der Waals surface area contributed by atoms with Gasteiger partial charge in [-0.25, -0.2) is 0 Å². The second-order valence-electron chi connectivity index (χ2n) is 7.46. The molecule has 0 aliphatic carbocycles. The minimum absolute atomic E-state index is 0.139. The number of carbonyl (C=O) groups excluding carboxylic acids is 1. The largest absolute Gasteiger partial charge is 0.360 e. The molecular weight excluding hydrogens is 358 g/mol. The highest BCUT2D eigenvalue weighted by atomic mass is 35.5. The topological polar surface area (TPSA) is 36.8 Å². The maximum absolute atomic E-state index is 12.3. The fraction of sp³-hybridized carbons (Fsp3) is 0.409. The van der Waals surface area contributed by atoms with Gasteiger partial charge in [0, 0.05) is 17.3 Å². The van der Waals surface area contributed by atoms with Crippen LogP contribution in [0, 0.1) is 6.92 Å².